The van der Waals surface area contributed by atoms with Crippen LogP contribution in [0.1, 0.15) is 68.7 Å². The Kier molecular flexibility index (Phi) is 7.99. The normalized spacial score (nSPS) is 11.4. The van der Waals surface area contributed by atoms with E-state index in [4.69, 9.17) is 0 Å². The average molecular weight is 383 g/mol. The lowest BCUT2D eigenvalue weighted by atomic mass is 9.98. The number of aromatic nitrogens is 2. The van der Waals surface area contributed by atoms with Gasteiger partial charge in [-0.15, -0.1) is 11.3 Å². The fourth-order valence-electron chi connectivity index (χ4n) is 2.92. The molecule has 3 heterocycles. The topological polar surface area (TPSA) is 34.9 Å². The number of ketones is 1. The molecule has 0 atom stereocenters. The van der Waals surface area contributed by atoms with Crippen LogP contribution in [0.2, 0.25) is 0 Å². The maximum absolute atomic E-state index is 13.2. The maximum atomic E-state index is 13.2. The molecule has 3 rings (SSSR count). The van der Waals surface area contributed by atoms with Gasteiger partial charge in [0.1, 0.15) is 4.83 Å². The van der Waals surface area contributed by atoms with Crippen LogP contribution in [-0.2, 0) is 6.54 Å². The molecule has 0 unspecified atom stereocenters. The molecule has 0 fully saturated rings. The number of pyridine rings is 1. The van der Waals surface area contributed by atoms with Crippen molar-refractivity contribution in [3.8, 4) is 0 Å². The minimum atomic E-state index is 0.0699. The molecular formula is C23H30N2OS. The molecule has 0 saturated heterocycles. The Morgan fingerprint density at radius 1 is 1.19 bits per heavy atom. The summed E-state index contributed by atoms with van der Waals surface area (Å²) < 4.78 is 2.15. The SMILES string of the molecule is C/C=C(/C(=O)c1cc2ccsc2n1CCC)c1cccnc1C.CCCC. The van der Waals surface area contributed by atoms with Gasteiger partial charge in [0.2, 0.25) is 5.78 Å². The molecule has 0 bridgehead atoms. The van der Waals surface area contributed by atoms with Gasteiger partial charge in [-0.25, -0.2) is 0 Å². The van der Waals surface area contributed by atoms with E-state index in [1.165, 1.54) is 17.7 Å². The van der Waals surface area contributed by atoms with E-state index in [0.717, 1.165) is 40.9 Å². The van der Waals surface area contributed by atoms with E-state index in [1.54, 1.807) is 17.5 Å². The Morgan fingerprint density at radius 2 is 1.93 bits per heavy atom. The second-order valence-corrected chi connectivity index (χ2v) is 7.42. The highest BCUT2D eigenvalue weighted by Crippen LogP contribution is 2.29. The van der Waals surface area contributed by atoms with Gasteiger partial charge in [-0.3, -0.25) is 9.78 Å². The van der Waals surface area contributed by atoms with Crippen molar-refractivity contribution in [2.45, 2.75) is 60.4 Å². The lowest BCUT2D eigenvalue weighted by Gasteiger charge is -2.12. The summed E-state index contributed by atoms with van der Waals surface area (Å²) in [5.74, 6) is 0.0699. The van der Waals surface area contributed by atoms with Gasteiger partial charge in [-0.05, 0) is 43.8 Å². The number of carbonyl (C=O) groups is 1. The van der Waals surface area contributed by atoms with Gasteiger partial charge in [0.15, 0.2) is 0 Å². The van der Waals surface area contributed by atoms with Gasteiger partial charge in [-0.1, -0.05) is 45.8 Å². The molecule has 0 spiro atoms. The van der Waals surface area contributed by atoms with Gasteiger partial charge in [0.25, 0.3) is 0 Å². The number of thiophene rings is 1. The van der Waals surface area contributed by atoms with Crippen molar-refractivity contribution in [3.05, 3.63) is 58.9 Å². The van der Waals surface area contributed by atoms with Crippen molar-refractivity contribution in [1.29, 1.82) is 0 Å². The summed E-state index contributed by atoms with van der Waals surface area (Å²) in [6.45, 7) is 11.2. The van der Waals surface area contributed by atoms with E-state index in [2.05, 4.69) is 41.8 Å². The highest BCUT2D eigenvalue weighted by atomic mass is 32.1. The summed E-state index contributed by atoms with van der Waals surface area (Å²) in [6.07, 6.45) is 7.29. The van der Waals surface area contributed by atoms with Crippen LogP contribution >= 0.6 is 11.3 Å². The van der Waals surface area contributed by atoms with Crippen molar-refractivity contribution >= 4 is 32.9 Å². The van der Waals surface area contributed by atoms with E-state index in [1.807, 2.05) is 38.1 Å². The van der Waals surface area contributed by atoms with Crippen molar-refractivity contribution in [1.82, 2.24) is 9.55 Å². The molecule has 3 aromatic heterocycles. The van der Waals surface area contributed by atoms with Gasteiger partial charge >= 0.3 is 0 Å². The Morgan fingerprint density at radius 3 is 2.52 bits per heavy atom. The summed E-state index contributed by atoms with van der Waals surface area (Å²) in [5.41, 5.74) is 3.28. The number of carbonyl (C=O) groups excluding carboxylic acids is 1. The molecule has 0 N–H and O–H groups in total. The smallest absolute Gasteiger partial charge is 0.209 e. The minimum absolute atomic E-state index is 0.0699. The predicted molar refractivity (Wildman–Crippen MR) is 118 cm³/mol. The molecule has 0 aliphatic rings. The van der Waals surface area contributed by atoms with Gasteiger partial charge in [0, 0.05) is 35.0 Å². The van der Waals surface area contributed by atoms with Crippen molar-refractivity contribution < 1.29 is 4.79 Å². The van der Waals surface area contributed by atoms with Gasteiger partial charge < -0.3 is 4.57 Å². The first-order valence-corrected chi connectivity index (χ1v) is 10.7. The minimum Gasteiger partial charge on any atom is -0.330 e. The monoisotopic (exact) mass is 382 g/mol. The molecule has 27 heavy (non-hydrogen) atoms. The largest absolute Gasteiger partial charge is 0.330 e. The second kappa shape index (κ2) is 10.2. The molecule has 0 amide bonds. The van der Waals surface area contributed by atoms with Crippen molar-refractivity contribution in [2.75, 3.05) is 0 Å². The lowest BCUT2D eigenvalue weighted by Crippen LogP contribution is -2.11. The molecule has 3 aromatic rings. The molecule has 0 radical (unpaired) electrons. The number of aryl methyl sites for hydroxylation is 2. The Labute approximate surface area is 166 Å². The maximum Gasteiger partial charge on any atom is 0.209 e. The average Bonchev–Trinajstić information content (AvgIpc) is 3.27. The Bertz CT molecular complexity index is 916. The summed E-state index contributed by atoms with van der Waals surface area (Å²) in [4.78, 5) is 18.7. The third-order valence-corrected chi connectivity index (χ3v) is 5.46. The first kappa shape index (κ1) is 21.1. The first-order valence-electron chi connectivity index (χ1n) is 9.78. The zero-order chi connectivity index (χ0) is 19.8. The summed E-state index contributed by atoms with van der Waals surface area (Å²) in [7, 11) is 0. The predicted octanol–water partition coefficient (Wildman–Crippen LogP) is 6.91. The number of hydrogen-bond acceptors (Lipinski definition) is 3. The molecule has 0 aliphatic carbocycles. The van der Waals surface area contributed by atoms with E-state index in [9.17, 15) is 4.79 Å². The number of Topliss-reactive ketones (excluding diaryl/α,β-unsaturated/α-hetero) is 1. The molecule has 3 nitrogen and oxygen atoms in total. The van der Waals surface area contributed by atoms with Gasteiger partial charge in [0.05, 0.1) is 5.69 Å². The Hall–Kier alpha value is -2.20. The molecular weight excluding hydrogens is 352 g/mol. The van der Waals surface area contributed by atoms with Crippen LogP contribution in [-0.4, -0.2) is 15.3 Å². The van der Waals surface area contributed by atoms with Crippen LogP contribution in [0.5, 0.6) is 0 Å². The Balaban J connectivity index is 0.000000596. The van der Waals surface area contributed by atoms with E-state index >= 15 is 0 Å². The number of unbranched alkanes of at least 4 members (excludes halogenated alkanes) is 1. The number of allylic oxidation sites excluding steroid dienone is 2. The van der Waals surface area contributed by atoms with Crippen LogP contribution in [0.15, 0.2) is 41.9 Å². The van der Waals surface area contributed by atoms with Crippen molar-refractivity contribution in [3.63, 3.8) is 0 Å². The van der Waals surface area contributed by atoms with Gasteiger partial charge in [-0.2, -0.15) is 0 Å². The molecule has 0 saturated carbocycles. The lowest BCUT2D eigenvalue weighted by molar-refractivity contribution is 0.104. The molecule has 144 valence electrons. The standard InChI is InChI=1S/C19H20N2OS.C4H10/c1-4-10-21-17(12-14-8-11-23-19(14)21)18(22)15(5-2)16-7-6-9-20-13(16)3;1-3-4-2/h5-9,11-12H,4,10H2,1-3H3;3-4H2,1-2H3/b15-5+;. The summed E-state index contributed by atoms with van der Waals surface area (Å²) in [6, 6.07) is 7.93. The van der Waals surface area contributed by atoms with E-state index < -0.39 is 0 Å². The second-order valence-electron chi connectivity index (χ2n) is 6.53. The zero-order valence-electron chi connectivity index (χ0n) is 17.1. The highest BCUT2D eigenvalue weighted by Gasteiger charge is 2.21. The number of rotatable bonds is 6. The molecule has 4 heteroatoms. The van der Waals surface area contributed by atoms with Crippen LogP contribution in [0.4, 0.5) is 0 Å². The number of nitrogens with zero attached hydrogens (tertiary/aromatic N) is 2. The van der Waals surface area contributed by atoms with E-state index in [-0.39, 0.29) is 5.78 Å². The third-order valence-electron chi connectivity index (χ3n) is 4.51. The summed E-state index contributed by atoms with van der Waals surface area (Å²) in [5, 5.41) is 3.22. The first-order chi connectivity index (χ1) is 13.1. The third kappa shape index (κ3) is 4.75. The quantitative estimate of drug-likeness (QED) is 0.343. The molecule has 0 aliphatic heterocycles. The van der Waals surface area contributed by atoms with E-state index in [0.29, 0.717) is 0 Å². The fourth-order valence-corrected chi connectivity index (χ4v) is 3.85. The van der Waals surface area contributed by atoms with Crippen molar-refractivity contribution in [2.24, 2.45) is 0 Å². The molecule has 0 aromatic carbocycles. The number of fused-ring (bicyclic) bond motifs is 1. The van der Waals surface area contributed by atoms with Crippen LogP contribution in [0, 0.1) is 6.92 Å². The zero-order valence-corrected chi connectivity index (χ0v) is 17.9. The number of hydrogen-bond donors (Lipinski definition) is 0. The van der Waals surface area contributed by atoms with Crippen LogP contribution in [0.25, 0.3) is 15.8 Å². The summed E-state index contributed by atoms with van der Waals surface area (Å²) >= 11 is 1.69. The fraction of sp³-hybridized carbons (Fsp3) is 0.391. The highest BCUT2D eigenvalue weighted by molar-refractivity contribution is 7.16. The van der Waals surface area contributed by atoms with Crippen LogP contribution < -0.4 is 0 Å². The van der Waals surface area contributed by atoms with Crippen LogP contribution in [0.3, 0.4) is 0 Å².